The standard InChI is InChI=1S/C26H29N2/c1-5-26(6-2,23-17-11-10-14-20(23)3)28-21(4)27(22-15-8-7-9-16-22)24-18-12-13-19-25(24)28/h7-19H,5-6H2,1-4H3/q+1. The van der Waals surface area contributed by atoms with Crippen LogP contribution in [0.15, 0.2) is 78.9 Å². The third kappa shape index (κ3) is 2.67. The number of aryl methyl sites for hydroxylation is 1. The van der Waals surface area contributed by atoms with Gasteiger partial charge in [-0.25, -0.2) is 4.57 Å². The number of hydrogen-bond acceptors (Lipinski definition) is 0. The largest absolute Gasteiger partial charge is 0.260 e. The molecule has 0 fully saturated rings. The minimum Gasteiger partial charge on any atom is -0.217 e. The molecule has 0 spiro atoms. The molecule has 0 radical (unpaired) electrons. The van der Waals surface area contributed by atoms with Crippen LogP contribution in [0.4, 0.5) is 0 Å². The van der Waals surface area contributed by atoms with Gasteiger partial charge in [-0.2, -0.15) is 4.57 Å². The fraction of sp³-hybridized carbons (Fsp3) is 0.269. The van der Waals surface area contributed by atoms with Crippen LogP contribution >= 0.6 is 0 Å². The molecule has 2 heteroatoms. The van der Waals surface area contributed by atoms with E-state index in [1.807, 2.05) is 0 Å². The Labute approximate surface area is 168 Å². The van der Waals surface area contributed by atoms with Gasteiger partial charge < -0.3 is 0 Å². The van der Waals surface area contributed by atoms with E-state index in [4.69, 9.17) is 0 Å². The molecule has 0 aliphatic rings. The van der Waals surface area contributed by atoms with Gasteiger partial charge in [0.25, 0.3) is 5.82 Å². The summed E-state index contributed by atoms with van der Waals surface area (Å²) >= 11 is 0. The molecule has 142 valence electrons. The zero-order valence-electron chi connectivity index (χ0n) is 17.3. The molecular formula is C26H29N2+. The molecule has 0 bridgehead atoms. The normalized spacial score (nSPS) is 11.9. The molecule has 0 saturated heterocycles. The molecule has 2 nitrogen and oxygen atoms in total. The number of aromatic nitrogens is 2. The van der Waals surface area contributed by atoms with Crippen LogP contribution < -0.4 is 4.57 Å². The summed E-state index contributed by atoms with van der Waals surface area (Å²) in [6.07, 6.45) is 2.09. The number of rotatable bonds is 5. The van der Waals surface area contributed by atoms with Crippen molar-refractivity contribution in [2.75, 3.05) is 0 Å². The van der Waals surface area contributed by atoms with Gasteiger partial charge in [-0.1, -0.05) is 68.4 Å². The molecule has 0 aliphatic carbocycles. The van der Waals surface area contributed by atoms with Crippen LogP contribution in [0.25, 0.3) is 16.7 Å². The molecule has 0 N–H and O–H groups in total. The van der Waals surface area contributed by atoms with Crippen molar-refractivity contribution in [1.29, 1.82) is 0 Å². The Hall–Kier alpha value is -2.87. The third-order valence-electron chi connectivity index (χ3n) is 6.27. The van der Waals surface area contributed by atoms with Gasteiger partial charge in [-0.3, -0.25) is 0 Å². The van der Waals surface area contributed by atoms with E-state index in [0.29, 0.717) is 0 Å². The molecule has 4 rings (SSSR count). The number of imidazole rings is 1. The van der Waals surface area contributed by atoms with Gasteiger partial charge >= 0.3 is 0 Å². The summed E-state index contributed by atoms with van der Waals surface area (Å²) in [5.41, 5.74) is 6.45. The molecule has 0 unspecified atom stereocenters. The Morgan fingerprint density at radius 2 is 1.36 bits per heavy atom. The fourth-order valence-electron chi connectivity index (χ4n) is 4.90. The zero-order valence-corrected chi connectivity index (χ0v) is 17.3. The van der Waals surface area contributed by atoms with E-state index >= 15 is 0 Å². The number of fused-ring (bicyclic) bond motifs is 1. The average molecular weight is 370 g/mol. The maximum atomic E-state index is 2.58. The lowest BCUT2D eigenvalue weighted by Crippen LogP contribution is -2.58. The number of hydrogen-bond donors (Lipinski definition) is 0. The summed E-state index contributed by atoms with van der Waals surface area (Å²) in [6.45, 7) is 9.13. The molecule has 3 aromatic carbocycles. The van der Waals surface area contributed by atoms with Gasteiger partial charge in [0.1, 0.15) is 11.2 Å². The van der Waals surface area contributed by atoms with Crippen LogP contribution in [0.5, 0.6) is 0 Å². The van der Waals surface area contributed by atoms with Crippen LogP contribution in [0, 0.1) is 13.8 Å². The summed E-state index contributed by atoms with van der Waals surface area (Å²) in [7, 11) is 0. The van der Waals surface area contributed by atoms with Crippen molar-refractivity contribution in [3.63, 3.8) is 0 Å². The number of nitrogens with zero attached hydrogens (tertiary/aromatic N) is 2. The number of benzene rings is 3. The monoisotopic (exact) mass is 369 g/mol. The quantitative estimate of drug-likeness (QED) is 0.376. The highest BCUT2D eigenvalue weighted by Crippen LogP contribution is 2.34. The van der Waals surface area contributed by atoms with Crippen LogP contribution in [-0.2, 0) is 5.54 Å². The van der Waals surface area contributed by atoms with E-state index in [1.54, 1.807) is 0 Å². The topological polar surface area (TPSA) is 8.81 Å². The fourth-order valence-corrected chi connectivity index (χ4v) is 4.90. The van der Waals surface area contributed by atoms with Crippen molar-refractivity contribution >= 4 is 11.0 Å². The SMILES string of the molecule is CCC(CC)(c1ccccc1C)[n+]1c(C)n(-c2ccccc2)c2ccccc21. The average Bonchev–Trinajstić information content (AvgIpc) is 3.04. The maximum absolute atomic E-state index is 2.58. The molecule has 28 heavy (non-hydrogen) atoms. The smallest absolute Gasteiger partial charge is 0.217 e. The van der Waals surface area contributed by atoms with Crippen molar-refractivity contribution in [1.82, 2.24) is 4.57 Å². The summed E-state index contributed by atoms with van der Waals surface area (Å²) in [5, 5.41) is 0. The van der Waals surface area contributed by atoms with Crippen molar-refractivity contribution in [3.8, 4) is 5.69 Å². The van der Waals surface area contributed by atoms with Gasteiger partial charge in [-0.05, 0) is 49.6 Å². The summed E-state index contributed by atoms with van der Waals surface area (Å²) < 4.78 is 4.98. The van der Waals surface area contributed by atoms with E-state index in [1.165, 1.54) is 33.7 Å². The third-order valence-corrected chi connectivity index (χ3v) is 6.27. The van der Waals surface area contributed by atoms with E-state index in [2.05, 4.69) is 116 Å². The first-order chi connectivity index (χ1) is 13.6. The molecule has 4 aromatic rings. The van der Waals surface area contributed by atoms with Crippen LogP contribution in [0.3, 0.4) is 0 Å². The van der Waals surface area contributed by atoms with Gasteiger partial charge in [0.05, 0.1) is 0 Å². The molecule has 0 atom stereocenters. The Bertz CT molecular complexity index is 1100. The number of para-hydroxylation sites is 3. The molecule has 1 aromatic heterocycles. The lowest BCUT2D eigenvalue weighted by molar-refractivity contribution is -0.738. The molecule has 1 heterocycles. The van der Waals surface area contributed by atoms with E-state index in [9.17, 15) is 0 Å². The predicted molar refractivity (Wildman–Crippen MR) is 117 cm³/mol. The minimum atomic E-state index is -0.0743. The summed E-state index contributed by atoms with van der Waals surface area (Å²) in [4.78, 5) is 0. The lowest BCUT2D eigenvalue weighted by Gasteiger charge is -2.32. The van der Waals surface area contributed by atoms with Gasteiger partial charge in [0.15, 0.2) is 11.0 Å². The van der Waals surface area contributed by atoms with Crippen LogP contribution in [-0.4, -0.2) is 4.57 Å². The first-order valence-corrected chi connectivity index (χ1v) is 10.3. The van der Waals surface area contributed by atoms with Gasteiger partial charge in [-0.15, -0.1) is 0 Å². The highest BCUT2D eigenvalue weighted by Gasteiger charge is 2.41. The molecule has 0 aliphatic heterocycles. The van der Waals surface area contributed by atoms with E-state index in [-0.39, 0.29) is 5.54 Å². The second-order valence-corrected chi connectivity index (χ2v) is 7.60. The predicted octanol–water partition coefficient (Wildman–Crippen LogP) is 6.10. The Morgan fingerprint density at radius 1 is 0.750 bits per heavy atom. The first kappa shape index (κ1) is 18.5. The minimum absolute atomic E-state index is 0.0743. The summed E-state index contributed by atoms with van der Waals surface area (Å²) in [5.74, 6) is 1.26. The van der Waals surface area contributed by atoms with Gasteiger partial charge in [0.2, 0.25) is 0 Å². The van der Waals surface area contributed by atoms with Crippen molar-refractivity contribution in [2.24, 2.45) is 0 Å². The second-order valence-electron chi connectivity index (χ2n) is 7.60. The van der Waals surface area contributed by atoms with E-state index in [0.717, 1.165) is 12.8 Å². The second kappa shape index (κ2) is 7.27. The van der Waals surface area contributed by atoms with Gasteiger partial charge in [0, 0.05) is 12.5 Å². The van der Waals surface area contributed by atoms with Crippen LogP contribution in [0.2, 0.25) is 0 Å². The first-order valence-electron chi connectivity index (χ1n) is 10.3. The summed E-state index contributed by atoms with van der Waals surface area (Å²) in [6, 6.07) is 28.3. The van der Waals surface area contributed by atoms with Crippen LogP contribution in [0.1, 0.15) is 43.6 Å². The zero-order chi connectivity index (χ0) is 19.7. The lowest BCUT2D eigenvalue weighted by atomic mass is 9.81. The van der Waals surface area contributed by atoms with Crippen molar-refractivity contribution in [2.45, 2.75) is 46.1 Å². The Balaban J connectivity index is 2.11. The highest BCUT2D eigenvalue weighted by molar-refractivity contribution is 5.75. The Morgan fingerprint density at radius 3 is 2.04 bits per heavy atom. The van der Waals surface area contributed by atoms with Crippen molar-refractivity contribution in [3.05, 3.63) is 95.8 Å². The maximum Gasteiger partial charge on any atom is 0.260 e. The molecular weight excluding hydrogens is 340 g/mol. The highest BCUT2D eigenvalue weighted by atomic mass is 15.2. The molecule has 0 amide bonds. The van der Waals surface area contributed by atoms with E-state index < -0.39 is 0 Å². The van der Waals surface area contributed by atoms with Crippen molar-refractivity contribution < 1.29 is 4.57 Å². The Kier molecular flexibility index (Phi) is 4.80. The molecule has 0 saturated carbocycles.